The largest absolute Gasteiger partial charge is 0.450 e. The van der Waals surface area contributed by atoms with E-state index in [1.807, 2.05) is 0 Å². The number of anilines is 2. The van der Waals surface area contributed by atoms with Gasteiger partial charge in [0.15, 0.2) is 0 Å². The molecule has 0 aliphatic carbocycles. The van der Waals surface area contributed by atoms with Crippen LogP contribution in [0.4, 0.5) is 25.0 Å². The first-order valence-corrected chi connectivity index (χ1v) is 12.0. The molecule has 0 bridgehead atoms. The van der Waals surface area contributed by atoms with E-state index in [0.717, 1.165) is 11.3 Å². The molecule has 1 aliphatic heterocycles. The predicted molar refractivity (Wildman–Crippen MR) is 129 cm³/mol. The van der Waals surface area contributed by atoms with E-state index in [1.165, 1.54) is 48.2 Å². The minimum atomic E-state index is -3.27. The Balaban J connectivity index is 1.79. The van der Waals surface area contributed by atoms with Crippen molar-refractivity contribution in [3.05, 3.63) is 45.6 Å². The standard InChI is InChI=1S/C22H23ClF2N4O6S/c1-2-35-22(33)27-15(11-26-19(31)16-7-8-17(23)36-16)20(32)29(21(24)25)14-5-3-13(4-6-14)28-9-10-34-12-18(28)30/h3-8,15,21H,2,9-12H2,1H3,(H,26,31)(H,27,33)/t15-/m0/s1. The second-order valence-corrected chi connectivity index (χ2v) is 9.05. The molecule has 4 amide bonds. The molecule has 36 heavy (non-hydrogen) atoms. The Bertz CT molecular complexity index is 1100. The van der Waals surface area contributed by atoms with Crippen LogP contribution in [-0.4, -0.2) is 69.3 Å². The number of benzene rings is 1. The zero-order chi connectivity index (χ0) is 26.2. The zero-order valence-electron chi connectivity index (χ0n) is 19.0. The number of thiophene rings is 1. The number of morpholine rings is 1. The highest BCUT2D eigenvalue weighted by Gasteiger charge is 2.33. The van der Waals surface area contributed by atoms with E-state index in [4.69, 9.17) is 21.1 Å². The van der Waals surface area contributed by atoms with Crippen LogP contribution >= 0.6 is 22.9 Å². The molecule has 194 valence electrons. The van der Waals surface area contributed by atoms with Gasteiger partial charge in [0.25, 0.3) is 17.7 Å². The fourth-order valence-electron chi connectivity index (χ4n) is 3.32. The topological polar surface area (TPSA) is 117 Å². The molecule has 10 nitrogen and oxygen atoms in total. The van der Waals surface area contributed by atoms with Crippen LogP contribution in [-0.2, 0) is 19.1 Å². The van der Waals surface area contributed by atoms with Crippen LogP contribution in [0.3, 0.4) is 0 Å². The lowest BCUT2D eigenvalue weighted by Gasteiger charge is -2.29. The van der Waals surface area contributed by atoms with Crippen LogP contribution in [0.25, 0.3) is 0 Å². The van der Waals surface area contributed by atoms with Crippen molar-refractivity contribution in [2.45, 2.75) is 19.5 Å². The molecular weight excluding hydrogens is 522 g/mol. The number of hydrogen-bond donors (Lipinski definition) is 2. The second kappa shape index (κ2) is 12.6. The first-order chi connectivity index (χ1) is 17.2. The maximum atomic E-state index is 14.0. The summed E-state index contributed by atoms with van der Waals surface area (Å²) < 4.78 is 38.3. The number of nitrogens with one attached hydrogen (secondary N) is 2. The summed E-state index contributed by atoms with van der Waals surface area (Å²) in [5, 5.41) is 4.65. The second-order valence-electron chi connectivity index (χ2n) is 7.33. The van der Waals surface area contributed by atoms with Gasteiger partial charge in [-0.2, -0.15) is 8.78 Å². The van der Waals surface area contributed by atoms with E-state index in [-0.39, 0.29) is 34.6 Å². The average Bonchev–Trinajstić information content (AvgIpc) is 3.29. The van der Waals surface area contributed by atoms with E-state index >= 15 is 0 Å². The SMILES string of the molecule is CCOC(=O)N[C@@H](CNC(=O)c1ccc(Cl)s1)C(=O)N(c1ccc(N2CCOCC2=O)cc1)C(F)F. The fraction of sp³-hybridized carbons (Fsp3) is 0.364. The van der Waals surface area contributed by atoms with Gasteiger partial charge in [-0.15, -0.1) is 11.3 Å². The van der Waals surface area contributed by atoms with Crippen molar-refractivity contribution in [1.29, 1.82) is 0 Å². The zero-order valence-corrected chi connectivity index (χ0v) is 20.6. The third kappa shape index (κ3) is 6.89. The molecule has 0 radical (unpaired) electrons. The molecular formula is C22H23ClF2N4O6S. The van der Waals surface area contributed by atoms with Gasteiger partial charge in [-0.1, -0.05) is 11.6 Å². The van der Waals surface area contributed by atoms with E-state index in [9.17, 15) is 28.0 Å². The highest BCUT2D eigenvalue weighted by atomic mass is 35.5. The summed E-state index contributed by atoms with van der Waals surface area (Å²) in [6.07, 6.45) is -1.01. The number of alkyl carbamates (subject to hydrolysis) is 1. The van der Waals surface area contributed by atoms with Crippen molar-refractivity contribution in [3.8, 4) is 0 Å². The lowest BCUT2D eigenvalue weighted by Crippen LogP contribution is -2.55. The number of rotatable bonds is 9. The van der Waals surface area contributed by atoms with Gasteiger partial charge in [0.2, 0.25) is 0 Å². The van der Waals surface area contributed by atoms with Crippen molar-refractivity contribution >= 4 is 58.1 Å². The summed E-state index contributed by atoms with van der Waals surface area (Å²) in [5.41, 5.74) is 0.281. The Hall–Kier alpha value is -3.29. The van der Waals surface area contributed by atoms with E-state index in [1.54, 1.807) is 0 Å². The van der Waals surface area contributed by atoms with Gasteiger partial charge in [0, 0.05) is 24.5 Å². The van der Waals surface area contributed by atoms with Gasteiger partial charge in [-0.3, -0.25) is 19.3 Å². The molecule has 1 aliphatic rings. The molecule has 1 saturated heterocycles. The van der Waals surface area contributed by atoms with Crippen LogP contribution in [0.1, 0.15) is 16.6 Å². The van der Waals surface area contributed by atoms with Crippen molar-refractivity contribution in [2.24, 2.45) is 0 Å². The third-order valence-corrected chi connectivity index (χ3v) is 6.22. The third-order valence-electron chi connectivity index (χ3n) is 4.99. The minimum Gasteiger partial charge on any atom is -0.450 e. The van der Waals surface area contributed by atoms with Crippen LogP contribution in [0, 0.1) is 0 Å². The van der Waals surface area contributed by atoms with Crippen LogP contribution in [0.15, 0.2) is 36.4 Å². The predicted octanol–water partition coefficient (Wildman–Crippen LogP) is 2.87. The molecule has 1 aromatic carbocycles. The lowest BCUT2D eigenvalue weighted by atomic mass is 10.2. The summed E-state index contributed by atoms with van der Waals surface area (Å²) in [6.45, 7) is -1.70. The summed E-state index contributed by atoms with van der Waals surface area (Å²) in [6, 6.07) is 6.77. The Morgan fingerprint density at radius 1 is 1.22 bits per heavy atom. The number of alkyl halides is 2. The molecule has 3 rings (SSSR count). The van der Waals surface area contributed by atoms with Gasteiger partial charge in [0.05, 0.1) is 22.4 Å². The van der Waals surface area contributed by atoms with E-state index in [0.29, 0.717) is 23.2 Å². The summed E-state index contributed by atoms with van der Waals surface area (Å²) in [5.74, 6) is -2.06. The summed E-state index contributed by atoms with van der Waals surface area (Å²) in [4.78, 5) is 51.4. The number of amides is 4. The Labute approximate surface area is 214 Å². The highest BCUT2D eigenvalue weighted by molar-refractivity contribution is 7.18. The Kier molecular flexibility index (Phi) is 9.56. The first-order valence-electron chi connectivity index (χ1n) is 10.8. The van der Waals surface area contributed by atoms with Gasteiger partial charge >= 0.3 is 12.6 Å². The summed E-state index contributed by atoms with van der Waals surface area (Å²) in [7, 11) is 0. The Morgan fingerprint density at radius 3 is 2.53 bits per heavy atom. The number of carbonyl (C=O) groups excluding carboxylic acids is 4. The van der Waals surface area contributed by atoms with Crippen LogP contribution in [0.2, 0.25) is 4.34 Å². The molecule has 1 fully saturated rings. The normalized spacial score (nSPS) is 14.4. The maximum absolute atomic E-state index is 14.0. The fourth-order valence-corrected chi connectivity index (χ4v) is 4.28. The van der Waals surface area contributed by atoms with E-state index < -0.39 is 37.0 Å². The molecule has 14 heteroatoms. The molecule has 1 atom stereocenters. The molecule has 0 spiro atoms. The van der Waals surface area contributed by atoms with Gasteiger partial charge in [-0.25, -0.2) is 4.79 Å². The molecule has 1 aromatic heterocycles. The number of hydrogen-bond acceptors (Lipinski definition) is 7. The number of halogens is 3. The van der Waals surface area contributed by atoms with E-state index in [2.05, 4.69) is 10.6 Å². The number of ether oxygens (including phenoxy) is 2. The molecule has 0 unspecified atom stereocenters. The van der Waals surface area contributed by atoms with Crippen molar-refractivity contribution < 1.29 is 37.4 Å². The van der Waals surface area contributed by atoms with Gasteiger partial charge in [-0.05, 0) is 43.3 Å². The number of nitrogens with zero attached hydrogens (tertiary/aromatic N) is 2. The van der Waals surface area contributed by atoms with Crippen molar-refractivity contribution in [1.82, 2.24) is 10.6 Å². The van der Waals surface area contributed by atoms with Crippen LogP contribution in [0.5, 0.6) is 0 Å². The van der Waals surface area contributed by atoms with Crippen molar-refractivity contribution in [3.63, 3.8) is 0 Å². The van der Waals surface area contributed by atoms with Crippen molar-refractivity contribution in [2.75, 3.05) is 42.7 Å². The lowest BCUT2D eigenvalue weighted by molar-refractivity contribution is -0.125. The minimum absolute atomic E-state index is 0.0208. The van der Waals surface area contributed by atoms with Crippen LogP contribution < -0.4 is 20.4 Å². The summed E-state index contributed by atoms with van der Waals surface area (Å²) >= 11 is 6.82. The first kappa shape index (κ1) is 27.3. The molecule has 0 saturated carbocycles. The highest BCUT2D eigenvalue weighted by Crippen LogP contribution is 2.25. The quantitative estimate of drug-likeness (QED) is 0.469. The number of carbonyl (C=O) groups is 4. The monoisotopic (exact) mass is 544 g/mol. The molecule has 2 heterocycles. The molecule has 2 N–H and O–H groups in total. The smallest absolute Gasteiger partial charge is 0.407 e. The van der Waals surface area contributed by atoms with Gasteiger partial charge < -0.3 is 25.0 Å². The van der Waals surface area contributed by atoms with Gasteiger partial charge in [0.1, 0.15) is 12.6 Å². The maximum Gasteiger partial charge on any atom is 0.407 e. The molecule has 2 aromatic rings. The average molecular weight is 545 g/mol. The Morgan fingerprint density at radius 2 is 1.94 bits per heavy atom.